The van der Waals surface area contributed by atoms with Crippen LogP contribution in [0.25, 0.3) is 0 Å². The van der Waals surface area contributed by atoms with E-state index in [1.54, 1.807) is 13.0 Å². The highest BCUT2D eigenvalue weighted by Crippen LogP contribution is 2.30. The standard InChI is InChI=1S/C8H8ClNO3/c1-5-6(4-11)2-3-7(9)8(5)10(12)13/h2-3,11H,4H2,1H3. The zero-order valence-electron chi connectivity index (χ0n) is 6.95. The molecule has 1 aromatic rings. The SMILES string of the molecule is Cc1c(CO)ccc(Cl)c1[N+](=O)[O-]. The number of rotatable bonds is 2. The van der Waals surface area contributed by atoms with Crippen molar-refractivity contribution in [1.29, 1.82) is 0 Å². The van der Waals surface area contributed by atoms with Gasteiger partial charge < -0.3 is 5.11 Å². The van der Waals surface area contributed by atoms with Gasteiger partial charge in [-0.25, -0.2) is 0 Å². The lowest BCUT2D eigenvalue weighted by Gasteiger charge is -2.03. The van der Waals surface area contributed by atoms with E-state index in [1.807, 2.05) is 0 Å². The molecule has 0 saturated carbocycles. The van der Waals surface area contributed by atoms with E-state index in [1.165, 1.54) is 6.07 Å². The fourth-order valence-corrected chi connectivity index (χ4v) is 1.38. The molecule has 0 heterocycles. The summed E-state index contributed by atoms with van der Waals surface area (Å²) in [5, 5.41) is 19.5. The summed E-state index contributed by atoms with van der Waals surface area (Å²) >= 11 is 5.63. The molecular formula is C8H8ClNO3. The van der Waals surface area contributed by atoms with Gasteiger partial charge in [0.15, 0.2) is 0 Å². The van der Waals surface area contributed by atoms with Crippen molar-refractivity contribution in [1.82, 2.24) is 0 Å². The number of aliphatic hydroxyl groups is 1. The molecule has 0 bridgehead atoms. The van der Waals surface area contributed by atoms with Gasteiger partial charge in [0.2, 0.25) is 0 Å². The van der Waals surface area contributed by atoms with Gasteiger partial charge in [-0.2, -0.15) is 0 Å². The molecule has 0 aromatic heterocycles. The van der Waals surface area contributed by atoms with E-state index in [2.05, 4.69) is 0 Å². The lowest BCUT2D eigenvalue weighted by atomic mass is 10.1. The molecule has 1 aromatic carbocycles. The second-order valence-corrected chi connectivity index (χ2v) is 3.00. The molecule has 1 N–H and O–H groups in total. The van der Waals surface area contributed by atoms with E-state index in [4.69, 9.17) is 16.7 Å². The summed E-state index contributed by atoms with van der Waals surface area (Å²) in [5.41, 5.74) is 0.810. The third-order valence-corrected chi connectivity index (χ3v) is 2.15. The fraction of sp³-hybridized carbons (Fsp3) is 0.250. The number of aliphatic hydroxyl groups excluding tert-OH is 1. The minimum atomic E-state index is -0.545. The van der Waals surface area contributed by atoms with Gasteiger partial charge in [0.1, 0.15) is 5.02 Å². The minimum Gasteiger partial charge on any atom is -0.392 e. The summed E-state index contributed by atoms with van der Waals surface area (Å²) in [5.74, 6) is 0. The van der Waals surface area contributed by atoms with Crippen LogP contribution in [0.2, 0.25) is 5.02 Å². The predicted molar refractivity (Wildman–Crippen MR) is 48.8 cm³/mol. The molecule has 5 heteroatoms. The topological polar surface area (TPSA) is 63.4 Å². The van der Waals surface area contributed by atoms with Gasteiger partial charge in [-0.3, -0.25) is 10.1 Å². The Bertz CT molecular complexity index is 351. The Hall–Kier alpha value is -1.13. The lowest BCUT2D eigenvalue weighted by molar-refractivity contribution is -0.385. The highest BCUT2D eigenvalue weighted by Gasteiger charge is 2.17. The normalized spacial score (nSPS) is 10.1. The van der Waals surface area contributed by atoms with Crippen molar-refractivity contribution in [2.75, 3.05) is 0 Å². The molecule has 0 spiro atoms. The third kappa shape index (κ3) is 1.79. The summed E-state index contributed by atoms with van der Waals surface area (Å²) in [6, 6.07) is 2.99. The quantitative estimate of drug-likeness (QED) is 0.588. The van der Waals surface area contributed by atoms with Gasteiger partial charge in [0, 0.05) is 5.56 Å². The molecule has 0 aliphatic carbocycles. The van der Waals surface area contributed by atoms with Gasteiger partial charge in [-0.1, -0.05) is 17.7 Å². The molecule has 0 fully saturated rings. The molecule has 0 saturated heterocycles. The van der Waals surface area contributed by atoms with E-state index in [-0.39, 0.29) is 17.3 Å². The van der Waals surface area contributed by atoms with Gasteiger partial charge >= 0.3 is 0 Å². The molecule has 0 atom stereocenters. The number of nitro groups is 1. The van der Waals surface area contributed by atoms with Gasteiger partial charge in [0.25, 0.3) is 5.69 Å². The van der Waals surface area contributed by atoms with Crippen LogP contribution in [0.15, 0.2) is 12.1 Å². The Morgan fingerprint density at radius 2 is 2.23 bits per heavy atom. The number of nitro benzene ring substituents is 1. The Balaban J connectivity index is 3.38. The van der Waals surface area contributed by atoms with E-state index in [9.17, 15) is 10.1 Å². The maximum atomic E-state index is 10.6. The van der Waals surface area contributed by atoms with Crippen molar-refractivity contribution >= 4 is 17.3 Å². The first-order valence-electron chi connectivity index (χ1n) is 3.61. The maximum Gasteiger partial charge on any atom is 0.291 e. The minimum absolute atomic E-state index is 0.0969. The smallest absolute Gasteiger partial charge is 0.291 e. The number of hydrogen-bond acceptors (Lipinski definition) is 3. The van der Waals surface area contributed by atoms with E-state index in [0.29, 0.717) is 11.1 Å². The summed E-state index contributed by atoms with van der Waals surface area (Å²) in [6.45, 7) is 1.35. The molecule has 0 unspecified atom stereocenters. The van der Waals surface area contributed by atoms with Crippen LogP contribution in [-0.4, -0.2) is 10.0 Å². The molecule has 0 radical (unpaired) electrons. The van der Waals surface area contributed by atoms with E-state index < -0.39 is 4.92 Å². The summed E-state index contributed by atoms with van der Waals surface area (Å²) in [6.07, 6.45) is 0. The first kappa shape index (κ1) is 9.95. The highest BCUT2D eigenvalue weighted by atomic mass is 35.5. The van der Waals surface area contributed by atoms with Crippen LogP contribution in [0.3, 0.4) is 0 Å². The van der Waals surface area contributed by atoms with Gasteiger partial charge in [-0.05, 0) is 18.6 Å². The predicted octanol–water partition coefficient (Wildman–Crippen LogP) is 2.05. The average molecular weight is 202 g/mol. The van der Waals surface area contributed by atoms with Crippen molar-refractivity contribution in [3.63, 3.8) is 0 Å². The van der Waals surface area contributed by atoms with Gasteiger partial charge in [0.05, 0.1) is 11.5 Å². The number of halogens is 1. The molecule has 4 nitrogen and oxygen atoms in total. The first-order valence-corrected chi connectivity index (χ1v) is 3.99. The van der Waals surface area contributed by atoms with Crippen LogP contribution in [0.1, 0.15) is 11.1 Å². The van der Waals surface area contributed by atoms with Crippen LogP contribution in [-0.2, 0) is 6.61 Å². The molecule has 0 aliphatic rings. The van der Waals surface area contributed by atoms with Crippen LogP contribution in [0.4, 0.5) is 5.69 Å². The monoisotopic (exact) mass is 201 g/mol. The van der Waals surface area contributed by atoms with Crippen molar-refractivity contribution in [3.8, 4) is 0 Å². The molecule has 0 amide bonds. The van der Waals surface area contributed by atoms with Crippen molar-refractivity contribution < 1.29 is 10.0 Å². The summed E-state index contributed by atoms with van der Waals surface area (Å²) in [7, 11) is 0. The number of nitrogens with zero attached hydrogens (tertiary/aromatic N) is 1. The van der Waals surface area contributed by atoms with Crippen LogP contribution < -0.4 is 0 Å². The summed E-state index contributed by atoms with van der Waals surface area (Å²) in [4.78, 5) is 10.0. The Morgan fingerprint density at radius 1 is 1.62 bits per heavy atom. The van der Waals surface area contributed by atoms with Crippen LogP contribution >= 0.6 is 11.6 Å². The van der Waals surface area contributed by atoms with Gasteiger partial charge in [-0.15, -0.1) is 0 Å². The molecule has 13 heavy (non-hydrogen) atoms. The van der Waals surface area contributed by atoms with Crippen molar-refractivity contribution in [2.24, 2.45) is 0 Å². The van der Waals surface area contributed by atoms with Crippen LogP contribution in [0.5, 0.6) is 0 Å². The second kappa shape index (κ2) is 3.72. The van der Waals surface area contributed by atoms with Crippen molar-refractivity contribution in [2.45, 2.75) is 13.5 Å². The third-order valence-electron chi connectivity index (χ3n) is 1.85. The molecular weight excluding hydrogens is 194 g/mol. The Kier molecular flexibility index (Phi) is 2.85. The second-order valence-electron chi connectivity index (χ2n) is 2.60. The fourth-order valence-electron chi connectivity index (χ4n) is 1.10. The van der Waals surface area contributed by atoms with E-state index >= 15 is 0 Å². The molecule has 1 rings (SSSR count). The van der Waals surface area contributed by atoms with Crippen molar-refractivity contribution in [3.05, 3.63) is 38.4 Å². The largest absolute Gasteiger partial charge is 0.392 e. The lowest BCUT2D eigenvalue weighted by Crippen LogP contribution is -1.97. The summed E-state index contributed by atoms with van der Waals surface area (Å²) < 4.78 is 0. The van der Waals surface area contributed by atoms with E-state index in [0.717, 1.165) is 0 Å². The Morgan fingerprint density at radius 3 is 2.69 bits per heavy atom. The molecule has 70 valence electrons. The van der Waals surface area contributed by atoms with Crippen LogP contribution in [0, 0.1) is 17.0 Å². The first-order chi connectivity index (χ1) is 6.07. The Labute approximate surface area is 79.9 Å². The zero-order chi connectivity index (χ0) is 10.0. The average Bonchev–Trinajstić information content (AvgIpc) is 2.04. The molecule has 0 aliphatic heterocycles. The number of hydrogen-bond donors (Lipinski definition) is 1. The maximum absolute atomic E-state index is 10.6. The highest BCUT2D eigenvalue weighted by molar-refractivity contribution is 6.32. The number of benzene rings is 1. The zero-order valence-corrected chi connectivity index (χ0v) is 7.71.